The summed E-state index contributed by atoms with van der Waals surface area (Å²) in [5, 5.41) is 18.1. The lowest BCUT2D eigenvalue weighted by Gasteiger charge is -2.10. The van der Waals surface area contributed by atoms with Gasteiger partial charge in [0.2, 0.25) is 0 Å². The fourth-order valence-electron chi connectivity index (χ4n) is 1.64. The normalized spacial score (nSPS) is 13.1. The van der Waals surface area contributed by atoms with Crippen molar-refractivity contribution in [1.29, 1.82) is 0 Å². The van der Waals surface area contributed by atoms with Gasteiger partial charge < -0.3 is 14.8 Å². The lowest BCUT2D eigenvalue weighted by molar-refractivity contribution is 0.0818. The molecule has 0 aliphatic carbocycles. The molecule has 8 heteroatoms. The van der Waals surface area contributed by atoms with Crippen LogP contribution in [0.3, 0.4) is 0 Å². The fourth-order valence-corrected chi connectivity index (χ4v) is 1.64. The highest BCUT2D eigenvalue weighted by molar-refractivity contribution is 5.69. The molecule has 0 aliphatic rings. The zero-order valence-corrected chi connectivity index (χ0v) is 9.12. The van der Waals surface area contributed by atoms with Gasteiger partial charge >= 0.3 is 5.69 Å². The van der Waals surface area contributed by atoms with Crippen molar-refractivity contribution >= 4 is 11.2 Å². The van der Waals surface area contributed by atoms with Crippen molar-refractivity contribution in [2.45, 2.75) is 12.6 Å². The summed E-state index contributed by atoms with van der Waals surface area (Å²) in [5.41, 5.74) is -0.688. The molecule has 1 unspecified atom stereocenters. The lowest BCUT2D eigenvalue weighted by Crippen LogP contribution is -2.30. The minimum absolute atomic E-state index is 0.0593. The van der Waals surface area contributed by atoms with Crippen LogP contribution in [0.4, 0.5) is 0 Å². The molecule has 0 saturated carbocycles. The summed E-state index contributed by atoms with van der Waals surface area (Å²) in [7, 11) is 1.49. The minimum Gasteiger partial charge on any atom is -0.394 e. The highest BCUT2D eigenvalue weighted by Crippen LogP contribution is 2.06. The minimum atomic E-state index is -0.971. The average Bonchev–Trinajstić information content (AvgIpc) is 2.70. The largest absolute Gasteiger partial charge is 0.394 e. The van der Waals surface area contributed by atoms with Crippen molar-refractivity contribution in [2.75, 3.05) is 6.61 Å². The number of H-pyrrole nitrogens is 1. The molecule has 0 fully saturated rings. The quantitative estimate of drug-likeness (QED) is 0.562. The lowest BCUT2D eigenvalue weighted by atomic mass is 10.4. The summed E-state index contributed by atoms with van der Waals surface area (Å²) in [6.07, 6.45) is 0.375. The molecule has 0 spiro atoms. The number of aryl methyl sites for hydroxylation is 1. The van der Waals surface area contributed by atoms with E-state index in [9.17, 15) is 14.7 Å². The van der Waals surface area contributed by atoms with Crippen molar-refractivity contribution in [2.24, 2.45) is 7.05 Å². The number of imidazole rings is 1. The SMILES string of the molecule is Cn1c(=O)[nH]c(=O)c2ncn(CC(O)CO)c21. The van der Waals surface area contributed by atoms with Crippen LogP contribution in [0.25, 0.3) is 11.2 Å². The van der Waals surface area contributed by atoms with Gasteiger partial charge in [0.1, 0.15) is 5.65 Å². The monoisotopic (exact) mass is 240 g/mol. The van der Waals surface area contributed by atoms with Gasteiger partial charge in [-0.3, -0.25) is 14.3 Å². The molecule has 17 heavy (non-hydrogen) atoms. The molecule has 2 heterocycles. The van der Waals surface area contributed by atoms with Crippen LogP contribution in [0, 0.1) is 0 Å². The van der Waals surface area contributed by atoms with E-state index in [4.69, 9.17) is 5.11 Å². The number of fused-ring (bicyclic) bond motifs is 1. The Hall–Kier alpha value is -1.93. The van der Waals surface area contributed by atoms with Crippen molar-refractivity contribution in [3.05, 3.63) is 27.2 Å². The summed E-state index contributed by atoms with van der Waals surface area (Å²) in [6.45, 7) is -0.347. The van der Waals surface area contributed by atoms with Crippen LogP contribution in [-0.2, 0) is 13.6 Å². The van der Waals surface area contributed by atoms with Gasteiger partial charge in [0.15, 0.2) is 5.52 Å². The second-order valence-corrected chi connectivity index (χ2v) is 3.72. The first-order chi connectivity index (χ1) is 8.04. The molecule has 0 aliphatic heterocycles. The third kappa shape index (κ3) is 1.87. The van der Waals surface area contributed by atoms with E-state index in [-0.39, 0.29) is 12.1 Å². The van der Waals surface area contributed by atoms with Crippen LogP contribution in [0.2, 0.25) is 0 Å². The van der Waals surface area contributed by atoms with Crippen molar-refractivity contribution in [3.8, 4) is 0 Å². The molecule has 3 N–H and O–H groups in total. The summed E-state index contributed by atoms with van der Waals surface area (Å²) in [6, 6.07) is 0. The van der Waals surface area contributed by atoms with Gasteiger partial charge in [-0.05, 0) is 0 Å². The van der Waals surface area contributed by atoms with Gasteiger partial charge in [0, 0.05) is 7.05 Å². The topological polar surface area (TPSA) is 113 Å². The Morgan fingerprint density at radius 1 is 1.53 bits per heavy atom. The van der Waals surface area contributed by atoms with E-state index in [1.54, 1.807) is 0 Å². The molecule has 0 bridgehead atoms. The zero-order chi connectivity index (χ0) is 12.6. The number of nitrogens with one attached hydrogen (secondary N) is 1. The number of nitrogens with zero attached hydrogens (tertiary/aromatic N) is 3. The highest BCUT2D eigenvalue weighted by Gasteiger charge is 2.13. The van der Waals surface area contributed by atoms with Gasteiger partial charge in [-0.15, -0.1) is 0 Å². The predicted octanol–water partition coefficient (Wildman–Crippen LogP) is -2.22. The summed E-state index contributed by atoms with van der Waals surface area (Å²) in [4.78, 5) is 28.9. The number of aliphatic hydroxyl groups is 2. The maximum absolute atomic E-state index is 11.5. The second-order valence-electron chi connectivity index (χ2n) is 3.72. The Morgan fingerprint density at radius 2 is 2.24 bits per heavy atom. The van der Waals surface area contributed by atoms with E-state index in [1.165, 1.54) is 22.5 Å². The molecular formula is C9H12N4O4. The van der Waals surface area contributed by atoms with E-state index < -0.39 is 24.0 Å². The van der Waals surface area contributed by atoms with E-state index in [0.29, 0.717) is 5.65 Å². The predicted molar refractivity (Wildman–Crippen MR) is 58.7 cm³/mol. The van der Waals surface area contributed by atoms with Gasteiger partial charge in [-0.25, -0.2) is 9.78 Å². The van der Waals surface area contributed by atoms with E-state index in [0.717, 1.165) is 0 Å². The maximum Gasteiger partial charge on any atom is 0.329 e. The summed E-state index contributed by atoms with van der Waals surface area (Å²) in [5.74, 6) is 0. The van der Waals surface area contributed by atoms with E-state index in [2.05, 4.69) is 9.97 Å². The van der Waals surface area contributed by atoms with Crippen LogP contribution < -0.4 is 11.2 Å². The maximum atomic E-state index is 11.5. The number of rotatable bonds is 3. The first-order valence-electron chi connectivity index (χ1n) is 4.97. The molecule has 0 radical (unpaired) electrons. The van der Waals surface area contributed by atoms with E-state index in [1.807, 2.05) is 0 Å². The van der Waals surface area contributed by atoms with Crippen molar-refractivity contribution in [3.63, 3.8) is 0 Å². The molecule has 0 amide bonds. The summed E-state index contributed by atoms with van der Waals surface area (Å²) >= 11 is 0. The van der Waals surface area contributed by atoms with Gasteiger partial charge in [0.25, 0.3) is 5.56 Å². The van der Waals surface area contributed by atoms with Crippen LogP contribution in [-0.4, -0.2) is 42.0 Å². The molecule has 8 nitrogen and oxygen atoms in total. The molecule has 2 aromatic heterocycles. The Bertz CT molecular complexity index is 653. The Labute approximate surface area is 94.8 Å². The molecule has 0 aromatic carbocycles. The smallest absolute Gasteiger partial charge is 0.329 e. The molecular weight excluding hydrogens is 228 g/mol. The number of aromatic nitrogens is 4. The second kappa shape index (κ2) is 4.15. The average molecular weight is 240 g/mol. The fraction of sp³-hybridized carbons (Fsp3) is 0.444. The van der Waals surface area contributed by atoms with Crippen LogP contribution >= 0.6 is 0 Å². The Morgan fingerprint density at radius 3 is 2.88 bits per heavy atom. The van der Waals surface area contributed by atoms with Crippen LogP contribution in [0.5, 0.6) is 0 Å². The van der Waals surface area contributed by atoms with Crippen LogP contribution in [0.1, 0.15) is 0 Å². The van der Waals surface area contributed by atoms with E-state index >= 15 is 0 Å². The molecule has 1 atom stereocenters. The third-order valence-corrected chi connectivity index (χ3v) is 2.49. The molecule has 2 aromatic rings. The first-order valence-corrected chi connectivity index (χ1v) is 4.97. The molecule has 92 valence electrons. The first kappa shape index (κ1) is 11.6. The Kier molecular flexibility index (Phi) is 2.82. The number of aliphatic hydroxyl groups excluding tert-OH is 2. The molecule has 2 rings (SSSR count). The zero-order valence-electron chi connectivity index (χ0n) is 9.12. The molecule has 0 saturated heterocycles. The number of aromatic amines is 1. The van der Waals surface area contributed by atoms with Crippen molar-refractivity contribution < 1.29 is 10.2 Å². The Balaban J connectivity index is 2.67. The summed E-state index contributed by atoms with van der Waals surface area (Å²) < 4.78 is 2.68. The highest BCUT2D eigenvalue weighted by atomic mass is 16.3. The third-order valence-electron chi connectivity index (χ3n) is 2.49. The van der Waals surface area contributed by atoms with Gasteiger partial charge in [-0.1, -0.05) is 0 Å². The van der Waals surface area contributed by atoms with Crippen LogP contribution in [0.15, 0.2) is 15.9 Å². The van der Waals surface area contributed by atoms with Gasteiger partial charge in [0.05, 0.1) is 25.6 Å². The van der Waals surface area contributed by atoms with Crippen molar-refractivity contribution in [1.82, 2.24) is 19.1 Å². The standard InChI is InChI=1S/C9H12N4O4/c1-12-8-6(7(16)11-9(12)17)10-4-13(8)2-5(15)3-14/h4-5,14-15H,2-3H2,1H3,(H,11,16,17). The number of hydrogen-bond donors (Lipinski definition) is 3. The van der Waals surface area contributed by atoms with Gasteiger partial charge in [-0.2, -0.15) is 0 Å². The number of hydrogen-bond acceptors (Lipinski definition) is 5.